The summed E-state index contributed by atoms with van der Waals surface area (Å²) in [7, 11) is 0. The predicted octanol–water partition coefficient (Wildman–Crippen LogP) is 3.63. The number of hydrogen-bond donors (Lipinski definition) is 1. The van der Waals surface area contributed by atoms with Crippen LogP contribution in [-0.2, 0) is 5.41 Å². The largest absolute Gasteiger partial charge is 0.324 e. The highest BCUT2D eigenvalue weighted by molar-refractivity contribution is 5.40. The van der Waals surface area contributed by atoms with Gasteiger partial charge in [0.05, 0.1) is 0 Å². The first-order chi connectivity index (χ1) is 8.79. The molecule has 3 fully saturated rings. The molecule has 1 nitrogen and oxygen atoms in total. The Morgan fingerprint density at radius 3 is 2.11 bits per heavy atom. The van der Waals surface area contributed by atoms with Crippen LogP contribution in [0.4, 0.5) is 0 Å². The Morgan fingerprint density at radius 1 is 0.889 bits per heavy atom. The number of benzene rings is 1. The Hall–Kier alpha value is -0.820. The van der Waals surface area contributed by atoms with Gasteiger partial charge < -0.3 is 5.73 Å². The van der Waals surface area contributed by atoms with E-state index in [1.807, 2.05) is 0 Å². The van der Waals surface area contributed by atoms with Crippen LogP contribution in [0.25, 0.3) is 0 Å². The summed E-state index contributed by atoms with van der Waals surface area (Å²) in [6.45, 7) is 0. The quantitative estimate of drug-likeness (QED) is 0.840. The molecule has 3 saturated carbocycles. The van der Waals surface area contributed by atoms with Gasteiger partial charge in [-0.2, -0.15) is 0 Å². The highest BCUT2D eigenvalue weighted by atomic mass is 15.0. The third kappa shape index (κ3) is 1.17. The van der Waals surface area contributed by atoms with Crippen LogP contribution in [-0.4, -0.2) is 5.54 Å². The molecule has 1 heteroatoms. The van der Waals surface area contributed by atoms with E-state index in [0.717, 1.165) is 11.8 Å². The Bertz CT molecular complexity index is 434. The Balaban J connectivity index is 1.78. The SMILES string of the molecule is NC1(C2(c3ccccc3)CCCC2)C2CCCC21. The molecule has 0 amide bonds. The number of hydrogen-bond acceptors (Lipinski definition) is 1. The van der Waals surface area contributed by atoms with E-state index in [4.69, 9.17) is 5.73 Å². The molecule has 4 rings (SSSR count). The molecule has 2 N–H and O–H groups in total. The van der Waals surface area contributed by atoms with Crippen molar-refractivity contribution in [3.63, 3.8) is 0 Å². The first kappa shape index (κ1) is 11.0. The fourth-order valence-electron chi connectivity index (χ4n) is 5.42. The van der Waals surface area contributed by atoms with Crippen LogP contribution in [0, 0.1) is 11.8 Å². The fourth-order valence-corrected chi connectivity index (χ4v) is 5.42. The summed E-state index contributed by atoms with van der Waals surface area (Å²) in [5.41, 5.74) is 8.95. The molecule has 2 unspecified atom stereocenters. The molecule has 0 saturated heterocycles. The number of rotatable bonds is 2. The average molecular weight is 241 g/mol. The maximum atomic E-state index is 6.97. The molecule has 3 aliphatic carbocycles. The summed E-state index contributed by atoms with van der Waals surface area (Å²) in [5, 5.41) is 0. The number of nitrogens with two attached hydrogens (primary N) is 1. The zero-order chi connectivity index (χ0) is 12.2. The third-order valence-electron chi connectivity index (χ3n) is 6.25. The van der Waals surface area contributed by atoms with Gasteiger partial charge in [-0.1, -0.05) is 49.6 Å². The Kier molecular flexibility index (Phi) is 2.21. The molecule has 0 aromatic heterocycles. The molecule has 2 atom stereocenters. The second kappa shape index (κ2) is 3.60. The van der Waals surface area contributed by atoms with Gasteiger partial charge in [-0.15, -0.1) is 0 Å². The van der Waals surface area contributed by atoms with Crippen molar-refractivity contribution in [1.29, 1.82) is 0 Å². The van der Waals surface area contributed by atoms with Crippen molar-refractivity contribution in [1.82, 2.24) is 0 Å². The van der Waals surface area contributed by atoms with E-state index in [-0.39, 0.29) is 5.54 Å². The van der Waals surface area contributed by atoms with Gasteiger partial charge in [0.2, 0.25) is 0 Å². The highest BCUT2D eigenvalue weighted by Crippen LogP contribution is 2.69. The fraction of sp³-hybridized carbons (Fsp3) is 0.647. The minimum Gasteiger partial charge on any atom is -0.324 e. The van der Waals surface area contributed by atoms with Crippen molar-refractivity contribution < 1.29 is 0 Å². The van der Waals surface area contributed by atoms with E-state index in [1.165, 1.54) is 50.5 Å². The van der Waals surface area contributed by atoms with Gasteiger partial charge >= 0.3 is 0 Å². The second-order valence-electron chi connectivity index (χ2n) is 6.73. The lowest BCUT2D eigenvalue weighted by Gasteiger charge is -2.39. The first-order valence-electron chi connectivity index (χ1n) is 7.63. The topological polar surface area (TPSA) is 26.0 Å². The van der Waals surface area contributed by atoms with Crippen molar-refractivity contribution >= 4 is 0 Å². The van der Waals surface area contributed by atoms with Crippen molar-refractivity contribution in [2.75, 3.05) is 0 Å². The van der Waals surface area contributed by atoms with Crippen molar-refractivity contribution in [2.24, 2.45) is 17.6 Å². The lowest BCUT2D eigenvalue weighted by molar-refractivity contribution is 0.278. The normalized spacial score (nSPS) is 40.7. The van der Waals surface area contributed by atoms with E-state index in [2.05, 4.69) is 30.3 Å². The van der Waals surface area contributed by atoms with Gasteiger partial charge in [-0.05, 0) is 43.1 Å². The van der Waals surface area contributed by atoms with E-state index >= 15 is 0 Å². The molecule has 18 heavy (non-hydrogen) atoms. The van der Waals surface area contributed by atoms with E-state index in [9.17, 15) is 0 Å². The molecule has 0 bridgehead atoms. The second-order valence-corrected chi connectivity index (χ2v) is 6.73. The molecule has 96 valence electrons. The van der Waals surface area contributed by atoms with Crippen molar-refractivity contribution in [2.45, 2.75) is 55.9 Å². The lowest BCUT2D eigenvalue weighted by atomic mass is 9.68. The molecular weight excluding hydrogens is 218 g/mol. The average Bonchev–Trinajstić information content (AvgIpc) is 2.95. The molecule has 0 radical (unpaired) electrons. The van der Waals surface area contributed by atoms with E-state index < -0.39 is 0 Å². The van der Waals surface area contributed by atoms with Gasteiger partial charge in [0.1, 0.15) is 0 Å². The molecule has 1 aromatic rings. The van der Waals surface area contributed by atoms with Gasteiger partial charge in [0.25, 0.3) is 0 Å². The highest BCUT2D eigenvalue weighted by Gasteiger charge is 2.72. The standard InChI is InChI=1S/C17H23N/c18-17(14-9-6-10-15(14)17)16(11-4-5-12-16)13-7-2-1-3-8-13/h1-3,7-8,14-15H,4-6,9-12,18H2. The van der Waals surface area contributed by atoms with Crippen LogP contribution in [0.3, 0.4) is 0 Å². The predicted molar refractivity (Wildman–Crippen MR) is 74.3 cm³/mol. The Morgan fingerprint density at radius 2 is 1.50 bits per heavy atom. The van der Waals surface area contributed by atoms with Crippen LogP contribution in [0.2, 0.25) is 0 Å². The maximum absolute atomic E-state index is 6.97. The summed E-state index contributed by atoms with van der Waals surface area (Å²) in [6, 6.07) is 11.2. The van der Waals surface area contributed by atoms with Crippen molar-refractivity contribution in [3.8, 4) is 0 Å². The van der Waals surface area contributed by atoms with Crippen LogP contribution in [0.5, 0.6) is 0 Å². The first-order valence-corrected chi connectivity index (χ1v) is 7.63. The van der Waals surface area contributed by atoms with Gasteiger partial charge in [0.15, 0.2) is 0 Å². The summed E-state index contributed by atoms with van der Waals surface area (Å²) in [5.74, 6) is 1.66. The zero-order valence-corrected chi connectivity index (χ0v) is 11.1. The van der Waals surface area contributed by atoms with Crippen molar-refractivity contribution in [3.05, 3.63) is 35.9 Å². The van der Waals surface area contributed by atoms with E-state index in [0.29, 0.717) is 5.41 Å². The molecule has 3 aliphatic rings. The molecule has 0 spiro atoms. The monoisotopic (exact) mass is 241 g/mol. The minimum atomic E-state index is 0.142. The Labute approximate surface area is 110 Å². The summed E-state index contributed by atoms with van der Waals surface area (Å²) < 4.78 is 0. The number of fused-ring (bicyclic) bond motifs is 1. The van der Waals surface area contributed by atoms with Crippen LogP contribution in [0.1, 0.15) is 50.5 Å². The van der Waals surface area contributed by atoms with E-state index in [1.54, 1.807) is 0 Å². The summed E-state index contributed by atoms with van der Waals surface area (Å²) in [4.78, 5) is 0. The molecule has 0 aliphatic heterocycles. The zero-order valence-electron chi connectivity index (χ0n) is 11.1. The van der Waals surface area contributed by atoms with Gasteiger partial charge in [-0.25, -0.2) is 0 Å². The summed E-state index contributed by atoms with van der Waals surface area (Å²) >= 11 is 0. The molecular formula is C17H23N. The maximum Gasteiger partial charge on any atom is 0.0316 e. The van der Waals surface area contributed by atoms with Crippen LogP contribution in [0.15, 0.2) is 30.3 Å². The smallest absolute Gasteiger partial charge is 0.0316 e. The summed E-state index contributed by atoms with van der Waals surface area (Å²) in [6.07, 6.45) is 9.56. The molecule has 1 aromatic carbocycles. The van der Waals surface area contributed by atoms with Crippen LogP contribution < -0.4 is 5.73 Å². The molecule has 0 heterocycles. The third-order valence-corrected chi connectivity index (χ3v) is 6.25. The van der Waals surface area contributed by atoms with Gasteiger partial charge in [-0.3, -0.25) is 0 Å². The van der Waals surface area contributed by atoms with Crippen LogP contribution >= 0.6 is 0 Å². The van der Waals surface area contributed by atoms with Gasteiger partial charge in [0, 0.05) is 11.0 Å². The minimum absolute atomic E-state index is 0.142. The lowest BCUT2D eigenvalue weighted by Crippen LogP contribution is -2.49.